The Kier molecular flexibility index (Phi) is 5.63. The van der Waals surface area contributed by atoms with Gasteiger partial charge in [0, 0.05) is 36.3 Å². The van der Waals surface area contributed by atoms with Crippen LogP contribution in [0, 0.1) is 0 Å². The molecule has 1 saturated heterocycles. The van der Waals surface area contributed by atoms with Crippen molar-refractivity contribution < 1.29 is 9.59 Å². The van der Waals surface area contributed by atoms with Crippen LogP contribution >= 0.6 is 11.6 Å². The van der Waals surface area contributed by atoms with E-state index in [-0.39, 0.29) is 17.9 Å². The number of carbonyl (C=O) groups is 2. The number of rotatable bonds is 5. The van der Waals surface area contributed by atoms with Crippen molar-refractivity contribution in [3.63, 3.8) is 0 Å². The molecule has 0 radical (unpaired) electrons. The number of nitrogens with zero attached hydrogens (tertiary/aromatic N) is 3. The summed E-state index contributed by atoms with van der Waals surface area (Å²) in [5, 5.41) is 7.21. The van der Waals surface area contributed by atoms with Gasteiger partial charge >= 0.3 is 0 Å². The predicted molar refractivity (Wildman–Crippen MR) is 118 cm³/mol. The lowest BCUT2D eigenvalue weighted by Gasteiger charge is -2.18. The lowest BCUT2D eigenvalue weighted by Crippen LogP contribution is -2.31. The first-order valence-electron chi connectivity index (χ1n) is 9.54. The number of amides is 2. The number of fused-ring (bicyclic) bond motifs is 1. The molecule has 3 aromatic rings. The van der Waals surface area contributed by atoms with Gasteiger partial charge in [-0.25, -0.2) is 9.97 Å². The van der Waals surface area contributed by atoms with E-state index in [2.05, 4.69) is 27.2 Å². The van der Waals surface area contributed by atoms with Crippen LogP contribution in [-0.4, -0.2) is 45.8 Å². The second-order valence-electron chi connectivity index (χ2n) is 7.02. The third kappa shape index (κ3) is 4.26. The van der Waals surface area contributed by atoms with Crippen LogP contribution in [0.25, 0.3) is 10.9 Å². The number of benzene rings is 2. The Hall–Kier alpha value is -3.45. The van der Waals surface area contributed by atoms with Crippen LogP contribution < -0.4 is 10.6 Å². The molecule has 1 aromatic heterocycles. The summed E-state index contributed by atoms with van der Waals surface area (Å²) >= 11 is 6.22. The Balaban J connectivity index is 1.41. The summed E-state index contributed by atoms with van der Waals surface area (Å²) in [5.41, 5.74) is 1.78. The zero-order valence-corrected chi connectivity index (χ0v) is 16.9. The number of hydrogen-bond donors (Lipinski definition) is 2. The van der Waals surface area contributed by atoms with Gasteiger partial charge in [-0.15, -0.1) is 0 Å². The van der Waals surface area contributed by atoms with Gasteiger partial charge in [-0.1, -0.05) is 36.4 Å². The monoisotopic (exact) mass is 421 g/mol. The molecule has 7 nitrogen and oxygen atoms in total. The van der Waals surface area contributed by atoms with E-state index in [0.717, 1.165) is 23.4 Å². The summed E-state index contributed by atoms with van der Waals surface area (Å²) in [6.07, 6.45) is 3.74. The van der Waals surface area contributed by atoms with Gasteiger partial charge < -0.3 is 15.5 Å². The molecular weight excluding hydrogens is 402 g/mol. The third-order valence-corrected chi connectivity index (χ3v) is 5.27. The van der Waals surface area contributed by atoms with E-state index in [0.29, 0.717) is 35.3 Å². The fraction of sp³-hybridized carbons (Fsp3) is 0.182. The molecule has 1 fully saturated rings. The molecule has 2 aromatic carbocycles. The van der Waals surface area contributed by atoms with E-state index in [1.54, 1.807) is 29.3 Å². The standard InChI is InChI=1S/C22H20ClN5O2/c1-2-20(29)26-19-8-7-14(11-17(19)23)21(30)28-10-9-16(13-28)25-22-24-12-15-5-3-4-6-18(15)27-22/h2-8,11-12,16H,1,9-10,13H2,(H,26,29)(H,24,25,27)/t16-/m1/s1. The molecule has 2 N–H and O–H groups in total. The molecule has 8 heteroatoms. The summed E-state index contributed by atoms with van der Waals surface area (Å²) in [5.74, 6) is 0.0842. The van der Waals surface area contributed by atoms with Crippen molar-refractivity contribution in [3.05, 3.63) is 71.9 Å². The molecule has 4 rings (SSSR count). The molecule has 1 atom stereocenters. The number of aromatic nitrogens is 2. The maximum Gasteiger partial charge on any atom is 0.253 e. The summed E-state index contributed by atoms with van der Waals surface area (Å²) in [7, 11) is 0. The summed E-state index contributed by atoms with van der Waals surface area (Å²) in [6.45, 7) is 4.57. The largest absolute Gasteiger partial charge is 0.350 e. The van der Waals surface area contributed by atoms with Gasteiger partial charge in [0.2, 0.25) is 11.9 Å². The lowest BCUT2D eigenvalue weighted by molar-refractivity contribution is -0.111. The molecule has 0 saturated carbocycles. The Morgan fingerprint density at radius 2 is 2.07 bits per heavy atom. The summed E-state index contributed by atoms with van der Waals surface area (Å²) < 4.78 is 0. The molecule has 0 unspecified atom stereocenters. The van der Waals surface area contributed by atoms with Gasteiger partial charge in [0.25, 0.3) is 5.91 Å². The number of carbonyl (C=O) groups excluding carboxylic acids is 2. The minimum Gasteiger partial charge on any atom is -0.350 e. The summed E-state index contributed by atoms with van der Waals surface area (Å²) in [4.78, 5) is 35.0. The number of likely N-dealkylation sites (tertiary alicyclic amines) is 1. The minimum absolute atomic E-state index is 0.0664. The number of halogens is 1. The average molecular weight is 422 g/mol. The molecule has 30 heavy (non-hydrogen) atoms. The molecule has 1 aliphatic rings. The number of nitrogens with one attached hydrogen (secondary N) is 2. The zero-order chi connectivity index (χ0) is 21.1. The van der Waals surface area contributed by atoms with Crippen LogP contribution in [0.1, 0.15) is 16.8 Å². The molecular formula is C22H20ClN5O2. The minimum atomic E-state index is -0.361. The van der Waals surface area contributed by atoms with Crippen molar-refractivity contribution in [3.8, 4) is 0 Å². The summed E-state index contributed by atoms with van der Waals surface area (Å²) in [6, 6.07) is 12.7. The van der Waals surface area contributed by atoms with Gasteiger partial charge in [-0.3, -0.25) is 9.59 Å². The highest BCUT2D eigenvalue weighted by molar-refractivity contribution is 6.34. The molecule has 0 spiro atoms. The van der Waals surface area contributed by atoms with E-state index >= 15 is 0 Å². The van der Waals surface area contributed by atoms with Crippen molar-refractivity contribution >= 4 is 46.0 Å². The Labute approximate surface area is 178 Å². The van der Waals surface area contributed by atoms with Crippen LogP contribution in [0.5, 0.6) is 0 Å². The van der Waals surface area contributed by atoms with Gasteiger partial charge in [-0.2, -0.15) is 0 Å². The first-order valence-corrected chi connectivity index (χ1v) is 9.92. The highest BCUT2D eigenvalue weighted by atomic mass is 35.5. The third-order valence-electron chi connectivity index (χ3n) is 4.96. The molecule has 152 valence electrons. The van der Waals surface area contributed by atoms with Gasteiger partial charge in [-0.05, 0) is 36.8 Å². The van der Waals surface area contributed by atoms with Gasteiger partial charge in [0.15, 0.2) is 0 Å². The van der Waals surface area contributed by atoms with E-state index < -0.39 is 0 Å². The second-order valence-corrected chi connectivity index (χ2v) is 7.43. The molecule has 2 amide bonds. The lowest BCUT2D eigenvalue weighted by atomic mass is 10.2. The van der Waals surface area contributed by atoms with E-state index in [4.69, 9.17) is 11.6 Å². The number of anilines is 2. The predicted octanol–water partition coefficient (Wildman–Crippen LogP) is 3.73. The molecule has 1 aliphatic heterocycles. The van der Waals surface area contributed by atoms with Crippen LogP contribution in [0.15, 0.2) is 61.3 Å². The van der Waals surface area contributed by atoms with Crippen molar-refractivity contribution in [2.24, 2.45) is 0 Å². The highest BCUT2D eigenvalue weighted by Gasteiger charge is 2.27. The quantitative estimate of drug-likeness (QED) is 0.613. The maximum absolute atomic E-state index is 12.9. The fourth-order valence-corrected chi connectivity index (χ4v) is 3.63. The van der Waals surface area contributed by atoms with Crippen LogP contribution in [0.2, 0.25) is 5.02 Å². The highest BCUT2D eigenvalue weighted by Crippen LogP contribution is 2.25. The maximum atomic E-state index is 12.9. The number of hydrogen-bond acceptors (Lipinski definition) is 5. The van der Waals surface area contributed by atoms with Crippen LogP contribution in [0.3, 0.4) is 0 Å². The zero-order valence-electron chi connectivity index (χ0n) is 16.1. The SMILES string of the molecule is C=CC(=O)Nc1ccc(C(=O)N2CC[C@@H](Nc3ncc4ccccc4n3)C2)cc1Cl. The van der Waals surface area contributed by atoms with Crippen molar-refractivity contribution in [1.82, 2.24) is 14.9 Å². The molecule has 0 aliphatic carbocycles. The fourth-order valence-electron chi connectivity index (χ4n) is 3.40. The topological polar surface area (TPSA) is 87.2 Å². The van der Waals surface area contributed by atoms with Gasteiger partial charge in [0.1, 0.15) is 0 Å². The van der Waals surface area contributed by atoms with E-state index in [1.165, 1.54) is 0 Å². The first kappa shape index (κ1) is 19.8. The normalized spacial score (nSPS) is 15.8. The van der Waals surface area contributed by atoms with Crippen LogP contribution in [-0.2, 0) is 4.79 Å². The molecule has 2 heterocycles. The second kappa shape index (κ2) is 8.51. The smallest absolute Gasteiger partial charge is 0.253 e. The van der Waals surface area contributed by atoms with Crippen molar-refractivity contribution in [2.45, 2.75) is 12.5 Å². The average Bonchev–Trinajstić information content (AvgIpc) is 3.22. The van der Waals surface area contributed by atoms with E-state index in [9.17, 15) is 9.59 Å². The molecule has 0 bridgehead atoms. The Morgan fingerprint density at radius 3 is 2.87 bits per heavy atom. The van der Waals surface area contributed by atoms with Crippen LogP contribution in [0.4, 0.5) is 11.6 Å². The van der Waals surface area contributed by atoms with Crippen molar-refractivity contribution in [2.75, 3.05) is 23.7 Å². The Bertz CT molecular complexity index is 1130. The van der Waals surface area contributed by atoms with Crippen molar-refractivity contribution in [1.29, 1.82) is 0 Å². The van der Waals surface area contributed by atoms with Gasteiger partial charge in [0.05, 0.1) is 16.2 Å². The van der Waals surface area contributed by atoms with E-state index in [1.807, 2.05) is 24.3 Å². The first-order chi connectivity index (χ1) is 14.5. The number of para-hydroxylation sites is 1. The Morgan fingerprint density at radius 1 is 1.23 bits per heavy atom.